The third kappa shape index (κ3) is 3.53. The Morgan fingerprint density at radius 1 is 1.32 bits per heavy atom. The van der Waals surface area contributed by atoms with E-state index in [1.807, 2.05) is 22.9 Å². The highest BCUT2D eigenvalue weighted by molar-refractivity contribution is 7.99. The molecule has 8 heteroatoms. The zero-order valence-electron chi connectivity index (χ0n) is 15.5. The highest BCUT2D eigenvalue weighted by Crippen LogP contribution is 2.44. The first-order chi connectivity index (χ1) is 13.6. The fourth-order valence-corrected chi connectivity index (χ4v) is 6.27. The Labute approximate surface area is 175 Å². The summed E-state index contributed by atoms with van der Waals surface area (Å²) in [4.78, 5) is 31.9. The molecule has 0 atom stereocenters. The van der Waals surface area contributed by atoms with E-state index < -0.39 is 0 Å². The maximum absolute atomic E-state index is 13.0. The Kier molecular flexibility index (Phi) is 4.80. The molecule has 0 saturated heterocycles. The van der Waals surface area contributed by atoms with Gasteiger partial charge in [0.15, 0.2) is 5.16 Å². The van der Waals surface area contributed by atoms with Gasteiger partial charge >= 0.3 is 0 Å². The summed E-state index contributed by atoms with van der Waals surface area (Å²) >= 11 is 4.45. The molecule has 5 rings (SSSR count). The summed E-state index contributed by atoms with van der Waals surface area (Å²) in [6, 6.07) is 4.37. The number of amides is 1. The zero-order chi connectivity index (χ0) is 19.3. The lowest BCUT2D eigenvalue weighted by molar-refractivity contribution is -0.119. The molecule has 3 aromatic rings. The predicted molar refractivity (Wildman–Crippen MR) is 116 cm³/mol. The minimum absolute atomic E-state index is 0.0496. The number of rotatable bonds is 7. The maximum atomic E-state index is 13.0. The fraction of sp³-hybridized carbons (Fsp3) is 0.450. The molecule has 2 fully saturated rings. The number of fused-ring (bicyclic) bond motifs is 1. The van der Waals surface area contributed by atoms with Crippen LogP contribution in [0.3, 0.4) is 0 Å². The first-order valence-electron chi connectivity index (χ1n) is 9.56. The van der Waals surface area contributed by atoms with Gasteiger partial charge in [0.2, 0.25) is 5.91 Å². The minimum atomic E-state index is -0.0496. The van der Waals surface area contributed by atoms with E-state index in [-0.39, 0.29) is 11.5 Å². The Morgan fingerprint density at radius 2 is 2.07 bits per heavy atom. The topological polar surface area (TPSA) is 64.0 Å². The molecule has 2 aliphatic carbocycles. The molecule has 0 radical (unpaired) electrons. The molecule has 0 aromatic carbocycles. The van der Waals surface area contributed by atoms with E-state index in [4.69, 9.17) is 0 Å². The monoisotopic (exact) mass is 431 g/mol. The molecule has 0 spiro atoms. The quantitative estimate of drug-likeness (QED) is 0.451. The summed E-state index contributed by atoms with van der Waals surface area (Å²) in [6.07, 6.45) is 4.97. The van der Waals surface area contributed by atoms with E-state index in [9.17, 15) is 9.59 Å². The van der Waals surface area contributed by atoms with Crippen LogP contribution in [0.2, 0.25) is 0 Å². The number of aromatic nitrogens is 2. The Bertz CT molecular complexity index is 1070. The van der Waals surface area contributed by atoms with Crippen molar-refractivity contribution in [1.29, 1.82) is 0 Å². The Balaban J connectivity index is 1.34. The molecule has 28 heavy (non-hydrogen) atoms. The van der Waals surface area contributed by atoms with Gasteiger partial charge in [-0.2, -0.15) is 0 Å². The second kappa shape index (κ2) is 7.31. The number of carbonyl (C=O) groups excluding carboxylic acids is 1. The molecular weight excluding hydrogens is 410 g/mol. The number of nitrogens with one attached hydrogen (secondary N) is 1. The SMILES string of the molecule is Cn1c(SCC(=O)NC(C2CC2)C2CC2)nc2scc(-c3cccs3)c2c1=O. The van der Waals surface area contributed by atoms with Crippen LogP contribution in [-0.2, 0) is 11.8 Å². The molecule has 3 aromatic heterocycles. The van der Waals surface area contributed by atoms with Gasteiger partial charge in [-0.3, -0.25) is 14.2 Å². The number of carbonyl (C=O) groups is 1. The van der Waals surface area contributed by atoms with E-state index in [1.54, 1.807) is 23.0 Å². The summed E-state index contributed by atoms with van der Waals surface area (Å²) in [6.45, 7) is 0. The molecule has 0 bridgehead atoms. The smallest absolute Gasteiger partial charge is 0.263 e. The van der Waals surface area contributed by atoms with Crippen LogP contribution in [-0.4, -0.2) is 27.3 Å². The minimum Gasteiger partial charge on any atom is -0.352 e. The molecule has 0 unspecified atom stereocenters. The van der Waals surface area contributed by atoms with Gasteiger partial charge in [0.05, 0.1) is 11.1 Å². The van der Waals surface area contributed by atoms with Crippen molar-refractivity contribution in [2.75, 3.05) is 5.75 Å². The highest BCUT2D eigenvalue weighted by atomic mass is 32.2. The van der Waals surface area contributed by atoms with Crippen LogP contribution in [0.1, 0.15) is 25.7 Å². The molecule has 1 amide bonds. The van der Waals surface area contributed by atoms with Crippen molar-refractivity contribution in [1.82, 2.24) is 14.9 Å². The van der Waals surface area contributed by atoms with Gasteiger partial charge in [0.1, 0.15) is 4.83 Å². The van der Waals surface area contributed by atoms with Crippen LogP contribution < -0.4 is 10.9 Å². The molecule has 1 N–H and O–H groups in total. The van der Waals surface area contributed by atoms with Crippen molar-refractivity contribution in [3.05, 3.63) is 33.2 Å². The Morgan fingerprint density at radius 3 is 2.71 bits per heavy atom. The van der Waals surface area contributed by atoms with Crippen molar-refractivity contribution in [3.8, 4) is 10.4 Å². The van der Waals surface area contributed by atoms with Crippen molar-refractivity contribution in [3.63, 3.8) is 0 Å². The first kappa shape index (κ1) is 18.4. The third-order valence-electron chi connectivity index (χ3n) is 5.48. The van der Waals surface area contributed by atoms with Gasteiger partial charge in [-0.15, -0.1) is 22.7 Å². The summed E-state index contributed by atoms with van der Waals surface area (Å²) in [5.74, 6) is 1.71. The van der Waals surface area contributed by atoms with E-state index in [1.165, 1.54) is 48.8 Å². The van der Waals surface area contributed by atoms with Gasteiger partial charge in [-0.1, -0.05) is 17.8 Å². The lowest BCUT2D eigenvalue weighted by atomic mass is 10.1. The molecule has 2 aliphatic rings. The average Bonchev–Trinajstić information content (AvgIpc) is 3.61. The van der Waals surface area contributed by atoms with E-state index in [0.29, 0.717) is 34.2 Å². The predicted octanol–water partition coefficient (Wildman–Crippen LogP) is 4.12. The van der Waals surface area contributed by atoms with Crippen LogP contribution in [0.15, 0.2) is 32.8 Å². The van der Waals surface area contributed by atoms with Gasteiger partial charge in [-0.05, 0) is 49.0 Å². The second-order valence-electron chi connectivity index (χ2n) is 7.62. The lowest BCUT2D eigenvalue weighted by Gasteiger charge is -2.17. The number of hydrogen-bond donors (Lipinski definition) is 1. The van der Waals surface area contributed by atoms with E-state index >= 15 is 0 Å². The van der Waals surface area contributed by atoms with Gasteiger partial charge < -0.3 is 5.32 Å². The summed E-state index contributed by atoms with van der Waals surface area (Å²) in [5.41, 5.74) is 0.903. The molecule has 0 aliphatic heterocycles. The normalized spacial score (nSPS) is 16.8. The summed E-state index contributed by atoms with van der Waals surface area (Å²) in [7, 11) is 1.74. The highest BCUT2D eigenvalue weighted by Gasteiger charge is 2.42. The molecular formula is C20H21N3O2S3. The van der Waals surface area contributed by atoms with Crippen molar-refractivity contribution in [2.45, 2.75) is 36.9 Å². The number of thioether (sulfide) groups is 1. The summed E-state index contributed by atoms with van der Waals surface area (Å²) < 4.78 is 1.57. The number of thiophene rings is 2. The second-order valence-corrected chi connectivity index (χ2v) is 10.4. The van der Waals surface area contributed by atoms with Crippen LogP contribution >= 0.6 is 34.4 Å². The molecule has 146 valence electrons. The van der Waals surface area contributed by atoms with Crippen LogP contribution in [0.4, 0.5) is 0 Å². The van der Waals surface area contributed by atoms with Crippen molar-refractivity contribution < 1.29 is 4.79 Å². The van der Waals surface area contributed by atoms with Crippen LogP contribution in [0.25, 0.3) is 20.7 Å². The summed E-state index contributed by atoms with van der Waals surface area (Å²) in [5, 5.41) is 8.52. The van der Waals surface area contributed by atoms with Crippen LogP contribution in [0, 0.1) is 11.8 Å². The zero-order valence-corrected chi connectivity index (χ0v) is 18.0. The van der Waals surface area contributed by atoms with Gasteiger partial charge in [0.25, 0.3) is 5.56 Å². The van der Waals surface area contributed by atoms with Crippen molar-refractivity contribution >= 4 is 50.6 Å². The largest absolute Gasteiger partial charge is 0.352 e. The standard InChI is InChI=1S/C20H21N3O2S3/c1-23-19(25)16-13(14-3-2-8-26-14)9-27-18(16)22-20(23)28-10-15(24)21-17(11-4-5-11)12-6-7-12/h2-3,8-9,11-12,17H,4-7,10H2,1H3,(H,21,24). The molecule has 3 heterocycles. The number of nitrogens with zero attached hydrogens (tertiary/aromatic N) is 2. The van der Waals surface area contributed by atoms with Crippen LogP contribution in [0.5, 0.6) is 0 Å². The Hall–Kier alpha value is -1.64. The first-order valence-corrected chi connectivity index (χ1v) is 12.3. The lowest BCUT2D eigenvalue weighted by Crippen LogP contribution is -2.39. The fourth-order valence-electron chi connectivity index (χ4n) is 3.68. The van der Waals surface area contributed by atoms with Crippen molar-refractivity contribution in [2.24, 2.45) is 18.9 Å². The van der Waals surface area contributed by atoms with Gasteiger partial charge in [0, 0.05) is 28.9 Å². The van der Waals surface area contributed by atoms with E-state index in [0.717, 1.165) is 15.3 Å². The maximum Gasteiger partial charge on any atom is 0.263 e. The molecule has 2 saturated carbocycles. The molecule has 5 nitrogen and oxygen atoms in total. The average molecular weight is 432 g/mol. The number of hydrogen-bond acceptors (Lipinski definition) is 6. The van der Waals surface area contributed by atoms with Gasteiger partial charge in [-0.25, -0.2) is 4.98 Å². The third-order valence-corrected chi connectivity index (χ3v) is 8.29. The van der Waals surface area contributed by atoms with E-state index in [2.05, 4.69) is 10.3 Å².